The number of nitrogens with zero attached hydrogens (tertiary/aromatic N) is 3. The van der Waals surface area contributed by atoms with Crippen LogP contribution < -0.4 is 5.43 Å². The van der Waals surface area contributed by atoms with Crippen LogP contribution in [0.4, 0.5) is 5.95 Å². The highest BCUT2D eigenvalue weighted by atomic mass is 15.4. The number of aromatic nitrogens is 2. The summed E-state index contributed by atoms with van der Waals surface area (Å²) in [5, 5.41) is 4.60. The first kappa shape index (κ1) is 21.1. The number of aryl methyl sites for hydroxylation is 2. The summed E-state index contributed by atoms with van der Waals surface area (Å²) in [5.74, 6) is 0.597. The molecule has 0 atom stereocenters. The molecule has 2 aromatic rings. The van der Waals surface area contributed by atoms with Gasteiger partial charge >= 0.3 is 0 Å². The van der Waals surface area contributed by atoms with Gasteiger partial charge in [-0.05, 0) is 43.2 Å². The average molecular weight is 367 g/mol. The Morgan fingerprint density at radius 1 is 1.00 bits per heavy atom. The van der Waals surface area contributed by atoms with E-state index in [4.69, 9.17) is 0 Å². The van der Waals surface area contributed by atoms with Crippen molar-refractivity contribution in [3.8, 4) is 0 Å². The van der Waals surface area contributed by atoms with Crippen molar-refractivity contribution in [2.45, 2.75) is 79.1 Å². The molecule has 146 valence electrons. The van der Waals surface area contributed by atoms with E-state index >= 15 is 0 Å². The lowest BCUT2D eigenvalue weighted by Crippen LogP contribution is -2.16. The molecule has 0 aliphatic carbocycles. The van der Waals surface area contributed by atoms with Crippen molar-refractivity contribution in [2.24, 2.45) is 5.10 Å². The molecule has 2 rings (SSSR count). The van der Waals surface area contributed by atoms with Crippen molar-refractivity contribution in [1.29, 1.82) is 0 Å². The fourth-order valence-electron chi connectivity index (χ4n) is 3.12. The van der Waals surface area contributed by atoms with Gasteiger partial charge in [-0.3, -0.25) is 0 Å². The molecule has 1 aromatic heterocycles. The number of nitrogens with one attached hydrogen (secondary N) is 1. The summed E-state index contributed by atoms with van der Waals surface area (Å²) in [5.41, 5.74) is 8.75. The lowest BCUT2D eigenvalue weighted by molar-refractivity contribution is 0.589. The summed E-state index contributed by atoms with van der Waals surface area (Å²) >= 11 is 0. The van der Waals surface area contributed by atoms with E-state index in [-0.39, 0.29) is 5.41 Å². The Labute approximate surface area is 164 Å². The molecule has 1 aromatic carbocycles. The zero-order valence-corrected chi connectivity index (χ0v) is 17.8. The maximum Gasteiger partial charge on any atom is 0.243 e. The van der Waals surface area contributed by atoms with Crippen LogP contribution >= 0.6 is 0 Å². The number of benzene rings is 1. The van der Waals surface area contributed by atoms with Crippen LogP contribution in [-0.4, -0.2) is 15.7 Å². The molecule has 0 spiro atoms. The number of unbranched alkanes of at least 4 members (excludes halogenated alkanes) is 1. The maximum atomic E-state index is 4.66. The number of hydrogen-bond donors (Lipinski definition) is 1. The van der Waals surface area contributed by atoms with Crippen molar-refractivity contribution in [3.05, 3.63) is 52.8 Å². The summed E-state index contributed by atoms with van der Waals surface area (Å²) in [6.07, 6.45) is 5.33. The molecule has 4 heteroatoms. The van der Waals surface area contributed by atoms with Gasteiger partial charge in [0.05, 0.1) is 5.71 Å². The van der Waals surface area contributed by atoms with Gasteiger partial charge in [0.15, 0.2) is 0 Å². The molecular weight excluding hydrogens is 332 g/mol. The third-order valence-electron chi connectivity index (χ3n) is 4.57. The third-order valence-corrected chi connectivity index (χ3v) is 4.57. The molecule has 0 unspecified atom stereocenters. The highest BCUT2D eigenvalue weighted by Crippen LogP contribution is 2.26. The summed E-state index contributed by atoms with van der Waals surface area (Å²) in [7, 11) is 0. The van der Waals surface area contributed by atoms with Crippen LogP contribution in [0, 0.1) is 0 Å². The number of anilines is 1. The van der Waals surface area contributed by atoms with Crippen molar-refractivity contribution in [3.63, 3.8) is 0 Å². The van der Waals surface area contributed by atoms with Gasteiger partial charge in [-0.1, -0.05) is 71.7 Å². The molecule has 0 fully saturated rings. The van der Waals surface area contributed by atoms with Crippen molar-refractivity contribution in [1.82, 2.24) is 9.97 Å². The molecule has 0 aliphatic rings. The highest BCUT2D eigenvalue weighted by Gasteiger charge is 2.18. The van der Waals surface area contributed by atoms with Crippen LogP contribution in [0.5, 0.6) is 0 Å². The molecule has 0 radical (unpaired) electrons. The van der Waals surface area contributed by atoms with E-state index in [1.165, 1.54) is 5.56 Å². The average Bonchev–Trinajstić information content (AvgIpc) is 2.64. The van der Waals surface area contributed by atoms with Gasteiger partial charge in [0.1, 0.15) is 0 Å². The van der Waals surface area contributed by atoms with Crippen LogP contribution in [0.15, 0.2) is 35.4 Å². The van der Waals surface area contributed by atoms with Gasteiger partial charge in [-0.15, -0.1) is 0 Å². The number of hydrogen-bond acceptors (Lipinski definition) is 4. The minimum absolute atomic E-state index is 0.0677. The minimum atomic E-state index is 0.0677. The van der Waals surface area contributed by atoms with Gasteiger partial charge in [0.2, 0.25) is 5.95 Å². The molecule has 1 N–H and O–H groups in total. The lowest BCUT2D eigenvalue weighted by atomic mass is 9.83. The Kier molecular flexibility index (Phi) is 7.52. The smallest absolute Gasteiger partial charge is 0.243 e. The second-order valence-electron chi connectivity index (χ2n) is 8.13. The molecule has 0 aliphatic heterocycles. The van der Waals surface area contributed by atoms with E-state index in [0.29, 0.717) is 5.95 Å². The fourth-order valence-corrected chi connectivity index (χ4v) is 3.12. The van der Waals surface area contributed by atoms with Gasteiger partial charge in [0, 0.05) is 17.0 Å². The normalized spacial score (nSPS) is 12.3. The Bertz CT molecular complexity index is 772. The van der Waals surface area contributed by atoms with Crippen molar-refractivity contribution in [2.75, 3.05) is 5.43 Å². The first-order valence-corrected chi connectivity index (χ1v) is 10.1. The van der Waals surface area contributed by atoms with E-state index in [1.807, 2.05) is 6.92 Å². The monoisotopic (exact) mass is 366 g/mol. The second-order valence-corrected chi connectivity index (χ2v) is 8.13. The zero-order valence-electron chi connectivity index (χ0n) is 17.8. The first-order chi connectivity index (χ1) is 12.8. The second kappa shape index (κ2) is 9.63. The summed E-state index contributed by atoms with van der Waals surface area (Å²) in [6, 6.07) is 10.6. The van der Waals surface area contributed by atoms with Crippen LogP contribution in [0.2, 0.25) is 0 Å². The molecule has 0 saturated heterocycles. The van der Waals surface area contributed by atoms with Gasteiger partial charge in [-0.2, -0.15) is 5.10 Å². The zero-order chi connectivity index (χ0) is 19.9. The summed E-state index contributed by atoms with van der Waals surface area (Å²) in [6.45, 7) is 13.1. The lowest BCUT2D eigenvalue weighted by Gasteiger charge is -2.22. The number of hydrazone groups is 1. The predicted octanol–water partition coefficient (Wildman–Crippen LogP) is 5.91. The van der Waals surface area contributed by atoms with E-state index in [0.717, 1.165) is 54.8 Å². The molecule has 4 nitrogen and oxygen atoms in total. The van der Waals surface area contributed by atoms with E-state index in [1.54, 1.807) is 0 Å². The first-order valence-electron chi connectivity index (χ1n) is 10.1. The summed E-state index contributed by atoms with van der Waals surface area (Å²) in [4.78, 5) is 9.30. The molecule has 1 heterocycles. The topological polar surface area (TPSA) is 50.2 Å². The number of rotatable bonds is 8. The predicted molar refractivity (Wildman–Crippen MR) is 116 cm³/mol. The SMILES string of the molecule is CCCCc1cc(CCC)nc(NN=C(C)c2ccccc2C(C)(C)C)n1. The van der Waals surface area contributed by atoms with E-state index < -0.39 is 0 Å². The van der Waals surface area contributed by atoms with Gasteiger partial charge in [-0.25, -0.2) is 15.4 Å². The summed E-state index contributed by atoms with van der Waals surface area (Å²) < 4.78 is 0. The van der Waals surface area contributed by atoms with Crippen LogP contribution in [0.25, 0.3) is 0 Å². The molecule has 0 amide bonds. The van der Waals surface area contributed by atoms with Crippen LogP contribution in [-0.2, 0) is 18.3 Å². The van der Waals surface area contributed by atoms with E-state index in [2.05, 4.69) is 85.4 Å². The Hall–Kier alpha value is -2.23. The quantitative estimate of drug-likeness (QED) is 0.467. The van der Waals surface area contributed by atoms with Crippen molar-refractivity contribution < 1.29 is 0 Å². The molecule has 27 heavy (non-hydrogen) atoms. The molecular formula is C23H34N4. The maximum absolute atomic E-state index is 4.66. The minimum Gasteiger partial charge on any atom is -0.245 e. The van der Waals surface area contributed by atoms with Gasteiger partial charge in [0.25, 0.3) is 0 Å². The Morgan fingerprint density at radius 2 is 1.67 bits per heavy atom. The molecule has 0 bridgehead atoms. The van der Waals surface area contributed by atoms with Crippen molar-refractivity contribution >= 4 is 11.7 Å². The Morgan fingerprint density at radius 3 is 2.30 bits per heavy atom. The van der Waals surface area contributed by atoms with Gasteiger partial charge < -0.3 is 0 Å². The van der Waals surface area contributed by atoms with E-state index in [9.17, 15) is 0 Å². The largest absolute Gasteiger partial charge is 0.245 e. The van der Waals surface area contributed by atoms with Crippen LogP contribution in [0.1, 0.15) is 83.3 Å². The Balaban J connectivity index is 2.27. The fraction of sp³-hybridized carbons (Fsp3) is 0.522. The highest BCUT2D eigenvalue weighted by molar-refractivity contribution is 6.00. The van der Waals surface area contributed by atoms with Crippen LogP contribution in [0.3, 0.4) is 0 Å². The standard InChI is InChI=1S/C23H34N4/c1-7-9-13-19-16-18(12-8-2)24-22(25-19)27-26-17(3)20-14-10-11-15-21(20)23(4,5)6/h10-11,14-16H,7-9,12-13H2,1-6H3,(H,24,25,27). The molecule has 0 saturated carbocycles. The third kappa shape index (κ3) is 6.16.